The summed E-state index contributed by atoms with van der Waals surface area (Å²) in [4.78, 5) is 0.0649. The number of benzene rings is 1. The largest absolute Gasteiger partial charge is 0.240 e. The molecule has 5 nitrogen and oxygen atoms in total. The van der Waals surface area contributed by atoms with Crippen molar-refractivity contribution in [3.63, 3.8) is 0 Å². The molecular weight excluding hydrogens is 378 g/mol. The van der Waals surface area contributed by atoms with E-state index >= 15 is 0 Å². The van der Waals surface area contributed by atoms with Gasteiger partial charge in [0.05, 0.1) is 27.8 Å². The van der Waals surface area contributed by atoms with Gasteiger partial charge < -0.3 is 0 Å². The summed E-state index contributed by atoms with van der Waals surface area (Å²) in [6, 6.07) is 5.36. The lowest BCUT2D eigenvalue weighted by atomic mass is 10.3. The first kappa shape index (κ1) is 15.2. The minimum Gasteiger partial charge on any atom is -0.229 e. The van der Waals surface area contributed by atoms with Gasteiger partial charge in [0, 0.05) is 4.47 Å². The van der Waals surface area contributed by atoms with Gasteiger partial charge in [0.25, 0.3) is 0 Å². The van der Waals surface area contributed by atoms with Gasteiger partial charge in [-0.3, -0.25) is 0 Å². The van der Waals surface area contributed by atoms with E-state index in [1.54, 1.807) is 12.1 Å². The Kier molecular flexibility index (Phi) is 4.27. The molecule has 19 heavy (non-hydrogen) atoms. The molecule has 1 N–H and O–H groups in total. The summed E-state index contributed by atoms with van der Waals surface area (Å²) < 4.78 is 50.0. The number of hydrogen-bond acceptors (Lipinski definition) is 4. The van der Waals surface area contributed by atoms with Crippen LogP contribution in [0.3, 0.4) is 0 Å². The fourth-order valence-electron chi connectivity index (χ4n) is 1.81. The smallest absolute Gasteiger partial charge is 0.229 e. The SMILES string of the molecule is O=S1(=O)CC(Cl)C(NS(=O)(=O)c2cccc(Br)c2)C1. The average Bonchev–Trinajstić information content (AvgIpc) is 2.51. The molecule has 1 fully saturated rings. The highest BCUT2D eigenvalue weighted by atomic mass is 79.9. The van der Waals surface area contributed by atoms with Crippen LogP contribution in [-0.4, -0.2) is 39.8 Å². The zero-order chi connectivity index (χ0) is 14.3. The van der Waals surface area contributed by atoms with E-state index in [0.717, 1.165) is 0 Å². The number of alkyl halides is 1. The first-order valence-electron chi connectivity index (χ1n) is 5.32. The third-order valence-electron chi connectivity index (χ3n) is 2.70. The van der Waals surface area contributed by atoms with Crippen LogP contribution >= 0.6 is 27.5 Å². The van der Waals surface area contributed by atoms with Gasteiger partial charge in [-0.1, -0.05) is 22.0 Å². The maximum atomic E-state index is 12.1. The van der Waals surface area contributed by atoms with Crippen molar-refractivity contribution in [2.75, 3.05) is 11.5 Å². The molecule has 9 heteroatoms. The third-order valence-corrected chi connectivity index (χ3v) is 7.05. The highest BCUT2D eigenvalue weighted by Crippen LogP contribution is 2.21. The Balaban J connectivity index is 2.23. The van der Waals surface area contributed by atoms with Crippen molar-refractivity contribution in [3.8, 4) is 0 Å². The quantitative estimate of drug-likeness (QED) is 0.787. The molecule has 0 aliphatic carbocycles. The van der Waals surface area contributed by atoms with E-state index in [-0.39, 0.29) is 16.4 Å². The Labute approximate surface area is 125 Å². The minimum absolute atomic E-state index is 0.0649. The van der Waals surface area contributed by atoms with Crippen LogP contribution in [0.15, 0.2) is 33.6 Å². The van der Waals surface area contributed by atoms with E-state index in [9.17, 15) is 16.8 Å². The fourth-order valence-corrected chi connectivity index (χ4v) is 6.42. The minimum atomic E-state index is -3.78. The summed E-state index contributed by atoms with van der Waals surface area (Å²) in [6.45, 7) is 0. The molecule has 1 heterocycles. The molecule has 0 aromatic heterocycles. The maximum Gasteiger partial charge on any atom is 0.240 e. The van der Waals surface area contributed by atoms with Crippen molar-refractivity contribution in [2.45, 2.75) is 16.3 Å². The third kappa shape index (κ3) is 3.69. The first-order chi connectivity index (χ1) is 8.70. The van der Waals surface area contributed by atoms with Crippen LogP contribution in [0.4, 0.5) is 0 Å². The van der Waals surface area contributed by atoms with Gasteiger partial charge in [0.15, 0.2) is 9.84 Å². The molecule has 0 saturated carbocycles. The number of halogens is 2. The van der Waals surface area contributed by atoms with E-state index in [1.165, 1.54) is 12.1 Å². The summed E-state index contributed by atoms with van der Waals surface area (Å²) in [5.74, 6) is -0.478. The van der Waals surface area contributed by atoms with Gasteiger partial charge in [-0.05, 0) is 18.2 Å². The van der Waals surface area contributed by atoms with Crippen molar-refractivity contribution >= 4 is 47.4 Å². The summed E-state index contributed by atoms with van der Waals surface area (Å²) >= 11 is 9.06. The van der Waals surface area contributed by atoms with Crippen molar-refractivity contribution in [3.05, 3.63) is 28.7 Å². The fraction of sp³-hybridized carbons (Fsp3) is 0.400. The van der Waals surface area contributed by atoms with Gasteiger partial charge in [0.2, 0.25) is 10.0 Å². The molecule has 1 aliphatic heterocycles. The predicted octanol–water partition coefficient (Wildman–Crippen LogP) is 1.13. The van der Waals surface area contributed by atoms with Crippen molar-refractivity contribution < 1.29 is 16.8 Å². The molecule has 0 bridgehead atoms. The van der Waals surface area contributed by atoms with Crippen molar-refractivity contribution in [2.24, 2.45) is 0 Å². The summed E-state index contributed by atoms with van der Waals surface area (Å²) in [5, 5.41) is -0.744. The molecule has 2 unspecified atom stereocenters. The summed E-state index contributed by atoms with van der Waals surface area (Å²) in [7, 11) is -7.05. The molecule has 106 valence electrons. The zero-order valence-corrected chi connectivity index (χ0v) is 13.6. The van der Waals surface area contributed by atoms with E-state index < -0.39 is 31.3 Å². The van der Waals surface area contributed by atoms with E-state index in [1.807, 2.05) is 0 Å². The highest BCUT2D eigenvalue weighted by molar-refractivity contribution is 9.10. The topological polar surface area (TPSA) is 80.3 Å². The molecule has 1 saturated heterocycles. The average molecular weight is 389 g/mol. The lowest BCUT2D eigenvalue weighted by molar-refractivity contribution is 0.563. The summed E-state index contributed by atoms with van der Waals surface area (Å²) in [5.41, 5.74) is 0. The van der Waals surface area contributed by atoms with Gasteiger partial charge in [0.1, 0.15) is 0 Å². The second kappa shape index (κ2) is 5.33. The first-order valence-corrected chi connectivity index (χ1v) is 9.85. The number of rotatable bonds is 3. The second-order valence-electron chi connectivity index (χ2n) is 4.28. The molecule has 1 aliphatic rings. The van der Waals surface area contributed by atoms with E-state index in [0.29, 0.717) is 4.47 Å². The molecular formula is C10H11BrClNO4S2. The van der Waals surface area contributed by atoms with Crippen LogP contribution in [-0.2, 0) is 19.9 Å². The van der Waals surface area contributed by atoms with E-state index in [2.05, 4.69) is 20.7 Å². The molecule has 0 amide bonds. The maximum absolute atomic E-state index is 12.1. The van der Waals surface area contributed by atoms with Crippen LogP contribution in [0.5, 0.6) is 0 Å². The predicted molar refractivity (Wildman–Crippen MR) is 76.5 cm³/mol. The number of hydrogen-bond donors (Lipinski definition) is 1. The van der Waals surface area contributed by atoms with Crippen LogP contribution in [0.1, 0.15) is 0 Å². The van der Waals surface area contributed by atoms with E-state index in [4.69, 9.17) is 11.6 Å². The Hall–Kier alpha value is -0.150. The summed E-state index contributed by atoms with van der Waals surface area (Å²) in [6.07, 6.45) is 0. The molecule has 0 radical (unpaired) electrons. The van der Waals surface area contributed by atoms with Gasteiger partial charge in [-0.25, -0.2) is 21.6 Å². The second-order valence-corrected chi connectivity index (χ2v) is 9.62. The van der Waals surface area contributed by atoms with Gasteiger partial charge >= 0.3 is 0 Å². The number of sulfonamides is 1. The molecule has 0 spiro atoms. The van der Waals surface area contributed by atoms with Gasteiger partial charge in [-0.2, -0.15) is 0 Å². The molecule has 1 aromatic carbocycles. The lowest BCUT2D eigenvalue weighted by Crippen LogP contribution is -2.40. The molecule has 2 atom stereocenters. The normalized spacial score (nSPS) is 26.4. The Morgan fingerprint density at radius 3 is 2.53 bits per heavy atom. The van der Waals surface area contributed by atoms with Crippen molar-refractivity contribution in [1.29, 1.82) is 0 Å². The lowest BCUT2D eigenvalue weighted by Gasteiger charge is -2.14. The Morgan fingerprint density at radius 2 is 2.00 bits per heavy atom. The van der Waals surface area contributed by atoms with Gasteiger partial charge in [-0.15, -0.1) is 11.6 Å². The zero-order valence-electron chi connectivity index (χ0n) is 9.58. The standard InChI is InChI=1S/C10H11BrClNO4S2/c11-7-2-1-3-8(4-7)19(16,17)13-10-6-18(14,15)5-9(10)12/h1-4,9-10,13H,5-6H2. The van der Waals surface area contributed by atoms with Crippen LogP contribution < -0.4 is 4.72 Å². The Bertz CT molecular complexity index is 689. The van der Waals surface area contributed by atoms with Crippen LogP contribution in [0.2, 0.25) is 0 Å². The highest BCUT2D eigenvalue weighted by Gasteiger charge is 2.38. The Morgan fingerprint density at radius 1 is 1.32 bits per heavy atom. The monoisotopic (exact) mass is 387 g/mol. The number of nitrogens with one attached hydrogen (secondary N) is 1. The molecule has 1 aromatic rings. The van der Waals surface area contributed by atoms with Crippen LogP contribution in [0.25, 0.3) is 0 Å². The molecule has 2 rings (SSSR count). The van der Waals surface area contributed by atoms with Crippen molar-refractivity contribution in [1.82, 2.24) is 4.72 Å². The number of sulfone groups is 1. The van der Waals surface area contributed by atoms with Crippen LogP contribution in [0, 0.1) is 0 Å².